The summed E-state index contributed by atoms with van der Waals surface area (Å²) in [5.74, 6) is -0.840. The maximum Gasteiger partial charge on any atom is 0.320 e. The molecular formula is C9H15N3O2. The highest BCUT2D eigenvalue weighted by atomic mass is 16.4. The van der Waals surface area contributed by atoms with Crippen LogP contribution in [0.4, 0.5) is 0 Å². The van der Waals surface area contributed by atoms with E-state index < -0.39 is 12.0 Å². The monoisotopic (exact) mass is 197 g/mol. The Kier molecular flexibility index (Phi) is 3.64. The number of aryl methyl sites for hydroxylation is 1. The maximum atomic E-state index is 10.5. The van der Waals surface area contributed by atoms with Gasteiger partial charge in [-0.15, -0.1) is 0 Å². The van der Waals surface area contributed by atoms with Crippen LogP contribution in [0.2, 0.25) is 0 Å². The number of carbonyl (C=O) groups is 1. The summed E-state index contributed by atoms with van der Waals surface area (Å²) in [6.45, 7) is 4.98. The highest BCUT2D eigenvalue weighted by molar-refractivity contribution is 5.72. The first-order valence-corrected chi connectivity index (χ1v) is 4.61. The van der Waals surface area contributed by atoms with Crippen molar-refractivity contribution in [3.63, 3.8) is 0 Å². The van der Waals surface area contributed by atoms with E-state index in [4.69, 9.17) is 5.11 Å². The maximum absolute atomic E-state index is 10.5. The Bertz CT molecular complexity index is 309. The largest absolute Gasteiger partial charge is 0.480 e. The van der Waals surface area contributed by atoms with Crippen LogP contribution in [0.5, 0.6) is 0 Å². The molecule has 0 radical (unpaired) electrons. The topological polar surface area (TPSA) is 67.2 Å². The summed E-state index contributed by atoms with van der Waals surface area (Å²) in [4.78, 5) is 10.5. The molecule has 0 spiro atoms. The summed E-state index contributed by atoms with van der Waals surface area (Å²) in [5, 5.41) is 15.6. The smallest absolute Gasteiger partial charge is 0.320 e. The van der Waals surface area contributed by atoms with E-state index in [1.54, 1.807) is 13.1 Å². The van der Waals surface area contributed by atoms with Crippen molar-refractivity contribution in [3.05, 3.63) is 18.0 Å². The van der Waals surface area contributed by atoms with E-state index in [0.717, 1.165) is 12.1 Å². The van der Waals surface area contributed by atoms with Crippen molar-refractivity contribution in [2.45, 2.75) is 33.0 Å². The van der Waals surface area contributed by atoms with Crippen LogP contribution in [0, 0.1) is 0 Å². The van der Waals surface area contributed by atoms with Crippen LogP contribution in [-0.2, 0) is 17.9 Å². The van der Waals surface area contributed by atoms with E-state index in [0.29, 0.717) is 6.54 Å². The summed E-state index contributed by atoms with van der Waals surface area (Å²) in [5.41, 5.74) is 1.000. The average molecular weight is 197 g/mol. The Labute approximate surface area is 82.7 Å². The predicted molar refractivity (Wildman–Crippen MR) is 51.8 cm³/mol. The van der Waals surface area contributed by atoms with Crippen molar-refractivity contribution >= 4 is 5.97 Å². The van der Waals surface area contributed by atoms with Gasteiger partial charge in [-0.3, -0.25) is 9.48 Å². The van der Waals surface area contributed by atoms with Gasteiger partial charge in [-0.2, -0.15) is 5.10 Å². The minimum atomic E-state index is -0.840. The number of hydrogen-bond donors (Lipinski definition) is 2. The molecule has 0 saturated carbocycles. The summed E-state index contributed by atoms with van der Waals surface area (Å²) in [6, 6.07) is -0.528. The van der Waals surface area contributed by atoms with Gasteiger partial charge >= 0.3 is 5.97 Å². The fraction of sp³-hybridized carbons (Fsp3) is 0.556. The number of carboxylic acids is 1. The molecule has 1 aromatic rings. The molecule has 0 aliphatic carbocycles. The molecule has 5 heteroatoms. The summed E-state index contributed by atoms with van der Waals surface area (Å²) in [7, 11) is 0. The summed E-state index contributed by atoms with van der Waals surface area (Å²) >= 11 is 0. The third-order valence-electron chi connectivity index (χ3n) is 1.99. The molecular weight excluding hydrogens is 182 g/mol. The Morgan fingerprint density at radius 1 is 1.79 bits per heavy atom. The first-order valence-electron chi connectivity index (χ1n) is 4.61. The molecule has 0 amide bonds. The van der Waals surface area contributed by atoms with Crippen LogP contribution in [-0.4, -0.2) is 26.9 Å². The number of nitrogens with zero attached hydrogens (tertiary/aromatic N) is 2. The van der Waals surface area contributed by atoms with Crippen molar-refractivity contribution in [1.29, 1.82) is 0 Å². The zero-order valence-electron chi connectivity index (χ0n) is 8.40. The number of carboxylic acid groups (broad SMARTS) is 1. The first kappa shape index (κ1) is 10.7. The van der Waals surface area contributed by atoms with Crippen LogP contribution in [0.3, 0.4) is 0 Å². The zero-order chi connectivity index (χ0) is 10.6. The molecule has 0 fully saturated rings. The molecule has 0 aliphatic heterocycles. The van der Waals surface area contributed by atoms with E-state index in [2.05, 4.69) is 10.4 Å². The fourth-order valence-electron chi connectivity index (χ4n) is 1.03. The Morgan fingerprint density at radius 2 is 2.50 bits per heavy atom. The lowest BCUT2D eigenvalue weighted by atomic mass is 10.3. The highest BCUT2D eigenvalue weighted by Gasteiger charge is 2.09. The van der Waals surface area contributed by atoms with Crippen molar-refractivity contribution in [2.75, 3.05) is 0 Å². The van der Waals surface area contributed by atoms with Crippen LogP contribution in [0.25, 0.3) is 0 Å². The normalized spacial score (nSPS) is 12.7. The van der Waals surface area contributed by atoms with E-state index in [1.807, 2.05) is 17.8 Å². The summed E-state index contributed by atoms with van der Waals surface area (Å²) in [6.07, 6.45) is 3.65. The van der Waals surface area contributed by atoms with Crippen LogP contribution in [0.1, 0.15) is 19.4 Å². The van der Waals surface area contributed by atoms with Crippen molar-refractivity contribution in [2.24, 2.45) is 0 Å². The standard InChI is InChI=1S/C9H15N3O2/c1-3-12-6-8(5-11-12)4-10-7(2)9(13)14/h5-7,10H,3-4H2,1-2H3,(H,13,14)/t7-/m0/s1. The molecule has 1 rings (SSSR count). The fourth-order valence-corrected chi connectivity index (χ4v) is 1.03. The van der Waals surface area contributed by atoms with Crippen LogP contribution >= 0.6 is 0 Å². The van der Waals surface area contributed by atoms with E-state index >= 15 is 0 Å². The molecule has 0 aliphatic rings. The van der Waals surface area contributed by atoms with Crippen molar-refractivity contribution in [3.8, 4) is 0 Å². The summed E-state index contributed by atoms with van der Waals surface area (Å²) < 4.78 is 1.81. The lowest BCUT2D eigenvalue weighted by Gasteiger charge is -2.06. The van der Waals surface area contributed by atoms with Gasteiger partial charge in [0.25, 0.3) is 0 Å². The molecule has 0 saturated heterocycles. The predicted octanol–water partition coefficient (Wildman–Crippen LogP) is 0.466. The second-order valence-electron chi connectivity index (χ2n) is 3.15. The van der Waals surface area contributed by atoms with Gasteiger partial charge in [0, 0.05) is 24.8 Å². The zero-order valence-corrected chi connectivity index (χ0v) is 8.40. The van der Waals surface area contributed by atoms with Gasteiger partial charge in [-0.05, 0) is 13.8 Å². The van der Waals surface area contributed by atoms with Gasteiger partial charge < -0.3 is 10.4 Å². The molecule has 1 atom stereocenters. The number of aromatic nitrogens is 2. The highest BCUT2D eigenvalue weighted by Crippen LogP contribution is 1.97. The average Bonchev–Trinajstić information content (AvgIpc) is 2.61. The van der Waals surface area contributed by atoms with Gasteiger partial charge in [0.15, 0.2) is 0 Å². The van der Waals surface area contributed by atoms with E-state index in [1.165, 1.54) is 0 Å². The molecule has 0 bridgehead atoms. The molecule has 0 aromatic carbocycles. The number of aliphatic carboxylic acids is 1. The molecule has 78 valence electrons. The van der Waals surface area contributed by atoms with Crippen molar-refractivity contribution in [1.82, 2.24) is 15.1 Å². The molecule has 0 unspecified atom stereocenters. The van der Waals surface area contributed by atoms with Gasteiger partial charge in [0.1, 0.15) is 6.04 Å². The lowest BCUT2D eigenvalue weighted by molar-refractivity contribution is -0.139. The minimum Gasteiger partial charge on any atom is -0.480 e. The SMILES string of the molecule is CCn1cc(CN[C@@H](C)C(=O)O)cn1. The van der Waals surface area contributed by atoms with Gasteiger partial charge in [0.2, 0.25) is 0 Å². The Balaban J connectivity index is 2.41. The molecule has 5 nitrogen and oxygen atoms in total. The molecule has 14 heavy (non-hydrogen) atoms. The second kappa shape index (κ2) is 4.76. The third-order valence-corrected chi connectivity index (χ3v) is 1.99. The van der Waals surface area contributed by atoms with Crippen LogP contribution < -0.4 is 5.32 Å². The third kappa shape index (κ3) is 2.85. The molecule has 1 aromatic heterocycles. The van der Waals surface area contributed by atoms with Gasteiger partial charge in [0.05, 0.1) is 6.20 Å². The number of nitrogens with one attached hydrogen (secondary N) is 1. The molecule has 2 N–H and O–H groups in total. The Morgan fingerprint density at radius 3 is 3.00 bits per heavy atom. The van der Waals surface area contributed by atoms with Crippen molar-refractivity contribution < 1.29 is 9.90 Å². The second-order valence-corrected chi connectivity index (χ2v) is 3.15. The van der Waals surface area contributed by atoms with Crippen LogP contribution in [0.15, 0.2) is 12.4 Å². The number of hydrogen-bond acceptors (Lipinski definition) is 3. The first-order chi connectivity index (χ1) is 6.63. The Hall–Kier alpha value is -1.36. The van der Waals surface area contributed by atoms with Gasteiger partial charge in [-0.25, -0.2) is 0 Å². The van der Waals surface area contributed by atoms with E-state index in [-0.39, 0.29) is 0 Å². The quantitative estimate of drug-likeness (QED) is 0.720. The molecule has 1 heterocycles. The van der Waals surface area contributed by atoms with Gasteiger partial charge in [-0.1, -0.05) is 0 Å². The number of rotatable bonds is 5. The minimum absolute atomic E-state index is 0.528. The van der Waals surface area contributed by atoms with E-state index in [9.17, 15) is 4.79 Å². The lowest BCUT2D eigenvalue weighted by Crippen LogP contribution is -2.32.